The molecule has 0 atom stereocenters. The van der Waals surface area contributed by atoms with Crippen LogP contribution in [0.4, 0.5) is 4.79 Å². The lowest BCUT2D eigenvalue weighted by Gasteiger charge is -2.23. The summed E-state index contributed by atoms with van der Waals surface area (Å²) >= 11 is 0. The molecule has 1 aliphatic carbocycles. The SMILES string of the molecule is CCOc1ccc(CN(C)CC(=O)NC(=O)NC2CCCCC2)cc1. The van der Waals surface area contributed by atoms with Gasteiger partial charge in [-0.2, -0.15) is 0 Å². The molecule has 0 radical (unpaired) electrons. The van der Waals surface area contributed by atoms with Crippen LogP contribution in [0.25, 0.3) is 0 Å². The van der Waals surface area contributed by atoms with E-state index in [1.807, 2.05) is 43.1 Å². The minimum absolute atomic E-state index is 0.172. The maximum absolute atomic E-state index is 12.0. The summed E-state index contributed by atoms with van der Waals surface area (Å²) in [4.78, 5) is 25.8. The maximum atomic E-state index is 12.0. The predicted octanol–water partition coefficient (Wildman–Crippen LogP) is 2.68. The van der Waals surface area contributed by atoms with Gasteiger partial charge in [-0.3, -0.25) is 15.0 Å². The van der Waals surface area contributed by atoms with Crippen LogP contribution in [0, 0.1) is 0 Å². The van der Waals surface area contributed by atoms with Crippen molar-refractivity contribution in [3.05, 3.63) is 29.8 Å². The van der Waals surface area contributed by atoms with Crippen molar-refractivity contribution in [2.24, 2.45) is 0 Å². The van der Waals surface area contributed by atoms with Crippen molar-refractivity contribution in [3.63, 3.8) is 0 Å². The summed E-state index contributed by atoms with van der Waals surface area (Å²) in [6, 6.07) is 7.62. The third-order valence-electron chi connectivity index (χ3n) is 4.29. The van der Waals surface area contributed by atoms with Crippen LogP contribution in [0.1, 0.15) is 44.6 Å². The standard InChI is InChI=1S/C19H29N3O3/c1-3-25-17-11-9-15(10-12-17)13-22(2)14-18(23)21-19(24)20-16-7-5-4-6-8-16/h9-12,16H,3-8,13-14H2,1-2H3,(H2,20,21,23,24). The molecule has 1 aromatic carbocycles. The van der Waals surface area contributed by atoms with Gasteiger partial charge in [-0.15, -0.1) is 0 Å². The molecule has 1 aliphatic rings. The fourth-order valence-electron chi connectivity index (χ4n) is 3.11. The first-order valence-corrected chi connectivity index (χ1v) is 9.07. The first-order chi connectivity index (χ1) is 12.1. The van der Waals surface area contributed by atoms with Crippen LogP contribution in [-0.4, -0.2) is 43.1 Å². The third kappa shape index (κ3) is 7.13. The van der Waals surface area contributed by atoms with Gasteiger partial charge in [0, 0.05) is 12.6 Å². The molecule has 2 N–H and O–H groups in total. The molecule has 138 valence electrons. The van der Waals surface area contributed by atoms with Gasteiger partial charge in [0.15, 0.2) is 0 Å². The van der Waals surface area contributed by atoms with Gasteiger partial charge < -0.3 is 10.1 Å². The Bertz CT molecular complexity index is 554. The van der Waals surface area contributed by atoms with Crippen LogP contribution in [0.3, 0.4) is 0 Å². The van der Waals surface area contributed by atoms with Crippen LogP contribution in [0.2, 0.25) is 0 Å². The average molecular weight is 347 g/mol. The van der Waals surface area contributed by atoms with E-state index in [-0.39, 0.29) is 24.5 Å². The van der Waals surface area contributed by atoms with E-state index in [2.05, 4.69) is 10.6 Å². The zero-order chi connectivity index (χ0) is 18.1. The molecule has 1 saturated carbocycles. The lowest BCUT2D eigenvalue weighted by atomic mass is 9.96. The Labute approximate surface area is 149 Å². The minimum Gasteiger partial charge on any atom is -0.494 e. The number of nitrogens with one attached hydrogen (secondary N) is 2. The average Bonchev–Trinajstić information content (AvgIpc) is 2.57. The predicted molar refractivity (Wildman–Crippen MR) is 97.5 cm³/mol. The van der Waals surface area contributed by atoms with Gasteiger partial charge in [-0.25, -0.2) is 4.79 Å². The van der Waals surface area contributed by atoms with E-state index in [9.17, 15) is 9.59 Å². The molecule has 1 aromatic rings. The number of hydrogen-bond donors (Lipinski definition) is 2. The highest BCUT2D eigenvalue weighted by Crippen LogP contribution is 2.17. The summed E-state index contributed by atoms with van der Waals surface area (Å²) in [6.45, 7) is 3.39. The van der Waals surface area contributed by atoms with Crippen molar-refractivity contribution in [2.45, 2.75) is 51.6 Å². The molecule has 3 amide bonds. The van der Waals surface area contributed by atoms with E-state index in [4.69, 9.17) is 4.74 Å². The number of carbonyl (C=O) groups is 2. The van der Waals surface area contributed by atoms with Crippen molar-refractivity contribution in [1.82, 2.24) is 15.5 Å². The quantitative estimate of drug-likeness (QED) is 0.795. The molecule has 0 bridgehead atoms. The highest BCUT2D eigenvalue weighted by atomic mass is 16.5. The van der Waals surface area contributed by atoms with Gasteiger partial charge in [-0.05, 0) is 44.5 Å². The number of imide groups is 1. The van der Waals surface area contributed by atoms with Gasteiger partial charge >= 0.3 is 6.03 Å². The van der Waals surface area contributed by atoms with Crippen LogP contribution >= 0.6 is 0 Å². The van der Waals surface area contributed by atoms with E-state index in [1.54, 1.807) is 0 Å². The number of urea groups is 1. The summed E-state index contributed by atoms with van der Waals surface area (Å²) in [5.74, 6) is 0.549. The van der Waals surface area contributed by atoms with Crippen molar-refractivity contribution in [3.8, 4) is 5.75 Å². The molecule has 6 heteroatoms. The Morgan fingerprint density at radius 3 is 2.48 bits per heavy atom. The molecule has 0 aromatic heterocycles. The molecule has 0 saturated heterocycles. The fraction of sp³-hybridized carbons (Fsp3) is 0.579. The molecule has 0 heterocycles. The van der Waals surface area contributed by atoms with E-state index in [0.29, 0.717) is 13.2 Å². The van der Waals surface area contributed by atoms with Gasteiger partial charge in [0.05, 0.1) is 13.2 Å². The van der Waals surface area contributed by atoms with Crippen molar-refractivity contribution >= 4 is 11.9 Å². The Morgan fingerprint density at radius 2 is 1.84 bits per heavy atom. The molecule has 0 aliphatic heterocycles. The summed E-state index contributed by atoms with van der Waals surface area (Å²) < 4.78 is 5.41. The van der Waals surface area contributed by atoms with Gasteiger partial charge in [0.1, 0.15) is 5.75 Å². The van der Waals surface area contributed by atoms with Crippen LogP contribution in [0.15, 0.2) is 24.3 Å². The van der Waals surface area contributed by atoms with E-state index in [0.717, 1.165) is 37.0 Å². The molecular weight excluding hydrogens is 318 g/mol. The highest BCUT2D eigenvalue weighted by molar-refractivity contribution is 5.95. The molecule has 6 nitrogen and oxygen atoms in total. The van der Waals surface area contributed by atoms with Crippen molar-refractivity contribution in [1.29, 1.82) is 0 Å². The normalized spacial score (nSPS) is 15.0. The van der Waals surface area contributed by atoms with Gasteiger partial charge in [-0.1, -0.05) is 31.4 Å². The van der Waals surface area contributed by atoms with Crippen LogP contribution in [-0.2, 0) is 11.3 Å². The van der Waals surface area contributed by atoms with Gasteiger partial charge in [0.25, 0.3) is 0 Å². The Hall–Kier alpha value is -2.08. The Morgan fingerprint density at radius 1 is 1.16 bits per heavy atom. The molecule has 2 rings (SSSR count). The van der Waals surface area contributed by atoms with Gasteiger partial charge in [0.2, 0.25) is 5.91 Å². The molecule has 1 fully saturated rings. The zero-order valence-electron chi connectivity index (χ0n) is 15.2. The summed E-state index contributed by atoms with van der Waals surface area (Å²) in [6.07, 6.45) is 5.51. The summed E-state index contributed by atoms with van der Waals surface area (Å²) in [5, 5.41) is 5.31. The molecule has 25 heavy (non-hydrogen) atoms. The molecular formula is C19H29N3O3. The smallest absolute Gasteiger partial charge is 0.321 e. The molecule has 0 spiro atoms. The monoisotopic (exact) mass is 347 g/mol. The fourth-order valence-corrected chi connectivity index (χ4v) is 3.11. The Balaban J connectivity index is 1.70. The topological polar surface area (TPSA) is 70.7 Å². The Kier molecular flexibility index (Phi) is 7.73. The van der Waals surface area contributed by atoms with E-state index in [1.165, 1.54) is 6.42 Å². The maximum Gasteiger partial charge on any atom is 0.321 e. The summed E-state index contributed by atoms with van der Waals surface area (Å²) in [5.41, 5.74) is 1.09. The minimum atomic E-state index is -0.383. The van der Waals surface area contributed by atoms with Crippen LogP contribution in [0.5, 0.6) is 5.75 Å². The second kappa shape index (κ2) is 10.0. The second-order valence-electron chi connectivity index (χ2n) is 6.61. The lowest BCUT2D eigenvalue weighted by Crippen LogP contribution is -2.47. The first-order valence-electron chi connectivity index (χ1n) is 9.07. The number of likely N-dealkylation sites (N-methyl/N-ethyl adjacent to an activating group) is 1. The first kappa shape index (κ1) is 19.2. The van der Waals surface area contributed by atoms with E-state index < -0.39 is 0 Å². The third-order valence-corrected chi connectivity index (χ3v) is 4.29. The number of rotatable bonds is 7. The highest BCUT2D eigenvalue weighted by Gasteiger charge is 2.17. The number of amides is 3. The lowest BCUT2D eigenvalue weighted by molar-refractivity contribution is -0.121. The number of benzene rings is 1. The number of hydrogen-bond acceptors (Lipinski definition) is 4. The number of nitrogens with zero attached hydrogens (tertiary/aromatic N) is 1. The zero-order valence-corrected chi connectivity index (χ0v) is 15.2. The largest absolute Gasteiger partial charge is 0.494 e. The second-order valence-corrected chi connectivity index (χ2v) is 6.61. The number of ether oxygens (including phenoxy) is 1. The summed E-state index contributed by atoms with van der Waals surface area (Å²) in [7, 11) is 1.86. The molecule has 0 unspecified atom stereocenters. The van der Waals surface area contributed by atoms with Crippen molar-refractivity contribution < 1.29 is 14.3 Å². The van der Waals surface area contributed by atoms with Crippen LogP contribution < -0.4 is 15.4 Å². The van der Waals surface area contributed by atoms with E-state index >= 15 is 0 Å². The van der Waals surface area contributed by atoms with Crippen molar-refractivity contribution in [2.75, 3.05) is 20.2 Å². The number of carbonyl (C=O) groups excluding carboxylic acids is 2.